The summed E-state index contributed by atoms with van der Waals surface area (Å²) in [4.78, 5) is 10.9. The van der Waals surface area contributed by atoms with Crippen LogP contribution >= 0.6 is 11.6 Å². The van der Waals surface area contributed by atoms with Gasteiger partial charge in [-0.05, 0) is 23.8 Å². The van der Waals surface area contributed by atoms with Gasteiger partial charge in [0.1, 0.15) is 5.82 Å². The van der Waals surface area contributed by atoms with Crippen LogP contribution in [0.2, 0.25) is 5.02 Å². The summed E-state index contributed by atoms with van der Waals surface area (Å²) < 4.78 is 13.1. The third-order valence-electron chi connectivity index (χ3n) is 2.36. The Morgan fingerprint density at radius 3 is 2.53 bits per heavy atom. The molecule has 1 N–H and O–H groups in total. The van der Waals surface area contributed by atoms with E-state index in [-0.39, 0.29) is 16.4 Å². The molecule has 0 spiro atoms. The lowest BCUT2D eigenvalue weighted by atomic mass is 10.0. The molecule has 86 valence electrons. The summed E-state index contributed by atoms with van der Waals surface area (Å²) in [6, 6.07) is 10.5. The third kappa shape index (κ3) is 2.29. The SMILES string of the molecule is O=C(O)c1cccc(-c2cccc(F)c2)c1Cl. The minimum Gasteiger partial charge on any atom is -0.478 e. The molecular weight excluding hydrogens is 243 g/mol. The molecule has 0 aliphatic heterocycles. The van der Waals surface area contributed by atoms with Crippen LogP contribution in [0.4, 0.5) is 4.39 Å². The Morgan fingerprint density at radius 1 is 1.18 bits per heavy atom. The van der Waals surface area contributed by atoms with Crippen LogP contribution < -0.4 is 0 Å². The summed E-state index contributed by atoms with van der Waals surface area (Å²) in [5.41, 5.74) is 1.07. The fraction of sp³-hybridized carbons (Fsp3) is 0. The number of hydrogen-bond donors (Lipinski definition) is 1. The summed E-state index contributed by atoms with van der Waals surface area (Å²) in [5, 5.41) is 9.05. The summed E-state index contributed by atoms with van der Waals surface area (Å²) in [5.74, 6) is -1.49. The topological polar surface area (TPSA) is 37.3 Å². The van der Waals surface area contributed by atoms with Gasteiger partial charge in [0.25, 0.3) is 0 Å². The summed E-state index contributed by atoms with van der Waals surface area (Å²) >= 11 is 5.99. The number of benzene rings is 2. The van der Waals surface area contributed by atoms with E-state index >= 15 is 0 Å². The van der Waals surface area contributed by atoms with Crippen molar-refractivity contribution in [2.24, 2.45) is 0 Å². The zero-order valence-corrected chi connectivity index (χ0v) is 9.41. The molecular formula is C13H8ClFO2. The van der Waals surface area contributed by atoms with E-state index in [9.17, 15) is 9.18 Å². The number of hydrogen-bond acceptors (Lipinski definition) is 1. The molecule has 0 aromatic heterocycles. The first kappa shape index (κ1) is 11.6. The fourth-order valence-electron chi connectivity index (χ4n) is 1.58. The molecule has 0 radical (unpaired) electrons. The highest BCUT2D eigenvalue weighted by molar-refractivity contribution is 6.36. The second-order valence-electron chi connectivity index (χ2n) is 3.48. The molecule has 0 amide bonds. The van der Waals surface area contributed by atoms with Gasteiger partial charge in [-0.3, -0.25) is 0 Å². The second kappa shape index (κ2) is 4.55. The van der Waals surface area contributed by atoms with Crippen molar-refractivity contribution >= 4 is 17.6 Å². The van der Waals surface area contributed by atoms with Gasteiger partial charge < -0.3 is 5.11 Å². The Morgan fingerprint density at radius 2 is 1.88 bits per heavy atom. The van der Waals surface area contributed by atoms with Gasteiger partial charge in [0.15, 0.2) is 0 Å². The van der Waals surface area contributed by atoms with Gasteiger partial charge >= 0.3 is 5.97 Å². The first-order chi connectivity index (χ1) is 8.09. The average molecular weight is 251 g/mol. The van der Waals surface area contributed by atoms with Crippen LogP contribution in [0.3, 0.4) is 0 Å². The quantitative estimate of drug-likeness (QED) is 0.879. The van der Waals surface area contributed by atoms with Crippen molar-refractivity contribution in [2.75, 3.05) is 0 Å². The normalized spacial score (nSPS) is 10.2. The first-order valence-corrected chi connectivity index (χ1v) is 5.25. The Labute approximate surface area is 102 Å². The average Bonchev–Trinajstić information content (AvgIpc) is 2.29. The molecule has 0 saturated carbocycles. The molecule has 0 saturated heterocycles. The molecule has 0 fully saturated rings. The minimum atomic E-state index is -1.10. The van der Waals surface area contributed by atoms with Crippen LogP contribution in [0, 0.1) is 5.82 Å². The Balaban J connectivity index is 2.60. The summed E-state index contributed by atoms with van der Waals surface area (Å²) in [6.45, 7) is 0. The molecule has 2 nitrogen and oxygen atoms in total. The zero-order valence-electron chi connectivity index (χ0n) is 8.65. The van der Waals surface area contributed by atoms with Crippen LogP contribution in [-0.4, -0.2) is 11.1 Å². The van der Waals surface area contributed by atoms with E-state index in [4.69, 9.17) is 16.7 Å². The predicted molar refractivity (Wildman–Crippen MR) is 63.8 cm³/mol. The van der Waals surface area contributed by atoms with Crippen molar-refractivity contribution in [3.8, 4) is 11.1 Å². The van der Waals surface area contributed by atoms with Gasteiger partial charge in [0, 0.05) is 5.56 Å². The van der Waals surface area contributed by atoms with Crippen LogP contribution in [0.25, 0.3) is 11.1 Å². The number of carboxylic acids is 1. The molecule has 4 heteroatoms. The second-order valence-corrected chi connectivity index (χ2v) is 3.86. The van der Waals surface area contributed by atoms with E-state index in [2.05, 4.69) is 0 Å². The van der Waals surface area contributed by atoms with Crippen molar-refractivity contribution in [2.45, 2.75) is 0 Å². The van der Waals surface area contributed by atoms with Gasteiger partial charge in [-0.1, -0.05) is 35.9 Å². The number of rotatable bonds is 2. The van der Waals surface area contributed by atoms with Crippen molar-refractivity contribution in [1.82, 2.24) is 0 Å². The lowest BCUT2D eigenvalue weighted by Crippen LogP contribution is -1.98. The largest absolute Gasteiger partial charge is 0.478 e. The van der Waals surface area contributed by atoms with Gasteiger partial charge in [-0.25, -0.2) is 9.18 Å². The van der Waals surface area contributed by atoms with Crippen molar-refractivity contribution in [1.29, 1.82) is 0 Å². The molecule has 0 unspecified atom stereocenters. The molecule has 0 atom stereocenters. The highest BCUT2D eigenvalue weighted by Gasteiger charge is 2.13. The lowest BCUT2D eigenvalue weighted by Gasteiger charge is -2.07. The number of carbonyl (C=O) groups is 1. The highest BCUT2D eigenvalue weighted by Crippen LogP contribution is 2.30. The molecule has 0 bridgehead atoms. The maximum Gasteiger partial charge on any atom is 0.337 e. The lowest BCUT2D eigenvalue weighted by molar-refractivity contribution is 0.0697. The van der Waals surface area contributed by atoms with Crippen LogP contribution in [-0.2, 0) is 0 Å². The van der Waals surface area contributed by atoms with E-state index in [1.54, 1.807) is 24.3 Å². The molecule has 2 aromatic carbocycles. The van der Waals surface area contributed by atoms with Crippen molar-refractivity contribution in [3.05, 3.63) is 58.9 Å². The fourth-order valence-corrected chi connectivity index (χ4v) is 1.89. The molecule has 17 heavy (non-hydrogen) atoms. The highest BCUT2D eigenvalue weighted by atomic mass is 35.5. The standard InChI is InChI=1S/C13H8ClFO2/c14-12-10(5-2-6-11(12)13(16)17)8-3-1-4-9(15)7-8/h1-7H,(H,16,17). The molecule has 0 aliphatic rings. The van der Waals surface area contributed by atoms with E-state index < -0.39 is 5.97 Å². The third-order valence-corrected chi connectivity index (χ3v) is 2.77. The minimum absolute atomic E-state index is 0.00780. The van der Waals surface area contributed by atoms with Gasteiger partial charge in [-0.2, -0.15) is 0 Å². The summed E-state index contributed by atoms with van der Waals surface area (Å²) in [7, 11) is 0. The molecule has 0 heterocycles. The molecule has 2 rings (SSSR count). The maximum atomic E-state index is 13.1. The van der Waals surface area contributed by atoms with Gasteiger partial charge in [0.05, 0.1) is 10.6 Å². The monoisotopic (exact) mass is 250 g/mol. The van der Waals surface area contributed by atoms with E-state index in [1.807, 2.05) is 0 Å². The van der Waals surface area contributed by atoms with Crippen molar-refractivity contribution in [3.63, 3.8) is 0 Å². The number of carboxylic acid groups (broad SMARTS) is 1. The Hall–Kier alpha value is -1.87. The van der Waals surface area contributed by atoms with Crippen molar-refractivity contribution < 1.29 is 14.3 Å². The van der Waals surface area contributed by atoms with E-state index in [1.165, 1.54) is 18.2 Å². The number of aromatic carboxylic acids is 1. The smallest absolute Gasteiger partial charge is 0.337 e. The van der Waals surface area contributed by atoms with Gasteiger partial charge in [-0.15, -0.1) is 0 Å². The van der Waals surface area contributed by atoms with Crippen LogP contribution in [0.5, 0.6) is 0 Å². The van der Waals surface area contributed by atoms with Crippen LogP contribution in [0.1, 0.15) is 10.4 Å². The zero-order chi connectivity index (χ0) is 12.4. The number of halogens is 2. The molecule has 2 aromatic rings. The van der Waals surface area contributed by atoms with E-state index in [0.29, 0.717) is 11.1 Å². The maximum absolute atomic E-state index is 13.1. The Kier molecular flexibility index (Phi) is 3.11. The Bertz CT molecular complexity index is 581. The summed E-state index contributed by atoms with van der Waals surface area (Å²) in [6.07, 6.45) is 0. The predicted octanol–water partition coefficient (Wildman–Crippen LogP) is 3.84. The molecule has 0 aliphatic carbocycles. The van der Waals surface area contributed by atoms with Gasteiger partial charge in [0.2, 0.25) is 0 Å². The first-order valence-electron chi connectivity index (χ1n) is 4.87. The van der Waals surface area contributed by atoms with E-state index in [0.717, 1.165) is 0 Å². The van der Waals surface area contributed by atoms with Crippen LogP contribution in [0.15, 0.2) is 42.5 Å².